The lowest BCUT2D eigenvalue weighted by Crippen LogP contribution is -2.26. The molecule has 1 atom stereocenters. The molecular formula is C14H16BrN3OS. The summed E-state index contributed by atoms with van der Waals surface area (Å²) in [5.41, 5.74) is 2.19. The monoisotopic (exact) mass is 353 g/mol. The predicted molar refractivity (Wildman–Crippen MR) is 86.3 cm³/mol. The van der Waals surface area contributed by atoms with E-state index in [1.54, 1.807) is 0 Å². The molecule has 20 heavy (non-hydrogen) atoms. The Balaban J connectivity index is 2.14. The Morgan fingerprint density at radius 2 is 2.00 bits per heavy atom. The summed E-state index contributed by atoms with van der Waals surface area (Å²) < 4.78 is 0. The minimum atomic E-state index is -0.228. The first kappa shape index (κ1) is 15.1. The number of carbonyl (C=O) groups is 1. The summed E-state index contributed by atoms with van der Waals surface area (Å²) in [6, 6.07) is 7.99. The minimum Gasteiger partial charge on any atom is -0.300 e. The first-order chi connectivity index (χ1) is 9.49. The van der Waals surface area contributed by atoms with Gasteiger partial charge in [-0.25, -0.2) is 0 Å². The van der Waals surface area contributed by atoms with Crippen molar-refractivity contribution in [3.63, 3.8) is 0 Å². The molecule has 0 aliphatic carbocycles. The fourth-order valence-electron chi connectivity index (χ4n) is 1.67. The number of anilines is 1. The van der Waals surface area contributed by atoms with Gasteiger partial charge in [0.2, 0.25) is 11.0 Å². The molecule has 0 bridgehead atoms. The summed E-state index contributed by atoms with van der Waals surface area (Å²) in [7, 11) is 0. The van der Waals surface area contributed by atoms with Gasteiger partial charge in [-0.15, -0.1) is 10.2 Å². The SMILES string of the molecule is Cc1ccccc1-c1nnc(NC(=O)[C@H](Br)C(C)C)s1. The zero-order valence-electron chi connectivity index (χ0n) is 11.6. The van der Waals surface area contributed by atoms with E-state index in [9.17, 15) is 4.79 Å². The minimum absolute atomic E-state index is 0.0903. The number of nitrogens with zero attached hydrogens (tertiary/aromatic N) is 2. The van der Waals surface area contributed by atoms with E-state index >= 15 is 0 Å². The number of benzene rings is 1. The van der Waals surface area contributed by atoms with Crippen LogP contribution in [0.5, 0.6) is 0 Å². The van der Waals surface area contributed by atoms with Crippen LogP contribution < -0.4 is 5.32 Å². The molecule has 1 aromatic heterocycles. The quantitative estimate of drug-likeness (QED) is 0.848. The Morgan fingerprint density at radius 3 is 2.65 bits per heavy atom. The van der Waals surface area contributed by atoms with Crippen molar-refractivity contribution in [3.05, 3.63) is 29.8 Å². The number of aryl methyl sites for hydroxylation is 1. The van der Waals surface area contributed by atoms with Crippen LogP contribution in [0.2, 0.25) is 0 Å². The summed E-state index contributed by atoms with van der Waals surface area (Å²) in [6.45, 7) is 6.00. The molecule has 2 aromatic rings. The number of hydrogen-bond acceptors (Lipinski definition) is 4. The van der Waals surface area contributed by atoms with Gasteiger partial charge in [0.1, 0.15) is 5.01 Å². The Hall–Kier alpha value is -1.27. The molecule has 6 heteroatoms. The van der Waals surface area contributed by atoms with Crippen molar-refractivity contribution in [1.82, 2.24) is 10.2 Å². The van der Waals surface area contributed by atoms with Crippen LogP contribution in [0.15, 0.2) is 24.3 Å². The molecule has 4 nitrogen and oxygen atoms in total. The second kappa shape index (κ2) is 6.45. The van der Waals surface area contributed by atoms with E-state index in [4.69, 9.17) is 0 Å². The zero-order valence-corrected chi connectivity index (χ0v) is 14.0. The van der Waals surface area contributed by atoms with Gasteiger partial charge in [0.05, 0.1) is 4.83 Å². The first-order valence-electron chi connectivity index (χ1n) is 6.33. The summed E-state index contributed by atoms with van der Waals surface area (Å²) in [5, 5.41) is 12.3. The van der Waals surface area contributed by atoms with Crippen molar-refractivity contribution in [2.45, 2.75) is 25.6 Å². The molecule has 2 rings (SSSR count). The summed E-state index contributed by atoms with van der Waals surface area (Å²) >= 11 is 4.76. The van der Waals surface area contributed by atoms with E-state index in [1.807, 2.05) is 45.0 Å². The highest BCUT2D eigenvalue weighted by Crippen LogP contribution is 2.29. The van der Waals surface area contributed by atoms with Crippen molar-refractivity contribution in [3.8, 4) is 10.6 Å². The van der Waals surface area contributed by atoms with Crippen molar-refractivity contribution < 1.29 is 4.79 Å². The van der Waals surface area contributed by atoms with Gasteiger partial charge in [0, 0.05) is 5.56 Å². The molecule has 106 valence electrons. The first-order valence-corrected chi connectivity index (χ1v) is 8.06. The Kier molecular flexibility index (Phi) is 4.88. The molecule has 1 aromatic carbocycles. The van der Waals surface area contributed by atoms with Gasteiger partial charge in [0.15, 0.2) is 0 Å². The topological polar surface area (TPSA) is 54.9 Å². The number of alkyl halides is 1. The van der Waals surface area contributed by atoms with Gasteiger partial charge in [-0.2, -0.15) is 0 Å². The normalized spacial score (nSPS) is 12.4. The maximum absolute atomic E-state index is 11.9. The highest BCUT2D eigenvalue weighted by molar-refractivity contribution is 9.10. The molecule has 0 aliphatic heterocycles. The molecule has 0 saturated heterocycles. The molecule has 1 heterocycles. The van der Waals surface area contributed by atoms with Gasteiger partial charge in [0.25, 0.3) is 0 Å². The Bertz CT molecular complexity index is 612. The van der Waals surface area contributed by atoms with Crippen LogP contribution in [0.1, 0.15) is 19.4 Å². The molecule has 0 spiro atoms. The smallest absolute Gasteiger partial charge is 0.240 e. The van der Waals surface area contributed by atoms with E-state index < -0.39 is 0 Å². The van der Waals surface area contributed by atoms with E-state index in [0.717, 1.165) is 16.1 Å². The maximum atomic E-state index is 11.9. The molecule has 0 fully saturated rings. The third kappa shape index (κ3) is 3.43. The van der Waals surface area contributed by atoms with Crippen LogP contribution in [-0.4, -0.2) is 20.9 Å². The Morgan fingerprint density at radius 1 is 1.30 bits per heavy atom. The number of aromatic nitrogens is 2. The fourth-order valence-corrected chi connectivity index (χ4v) is 2.62. The van der Waals surface area contributed by atoms with Gasteiger partial charge in [-0.1, -0.05) is 65.4 Å². The van der Waals surface area contributed by atoms with Crippen molar-refractivity contribution in [2.75, 3.05) is 5.32 Å². The molecular weight excluding hydrogens is 338 g/mol. The lowest BCUT2D eigenvalue weighted by molar-refractivity contribution is -0.116. The standard InChI is InChI=1S/C14H16BrN3OS/c1-8(2)11(15)12(19)16-14-18-17-13(20-14)10-7-5-4-6-9(10)3/h4-8,11H,1-3H3,(H,16,18,19)/t11-/m1/s1. The molecule has 0 radical (unpaired) electrons. The predicted octanol–water partition coefficient (Wildman–Crippen LogP) is 3.87. The Labute approximate surface area is 130 Å². The molecule has 1 N–H and O–H groups in total. The lowest BCUT2D eigenvalue weighted by Gasteiger charge is -2.11. The highest BCUT2D eigenvalue weighted by atomic mass is 79.9. The second-order valence-electron chi connectivity index (χ2n) is 4.86. The number of carbonyl (C=O) groups excluding carboxylic acids is 1. The van der Waals surface area contributed by atoms with E-state index in [-0.39, 0.29) is 16.7 Å². The molecule has 1 amide bonds. The van der Waals surface area contributed by atoms with Gasteiger partial charge in [-0.05, 0) is 18.4 Å². The third-order valence-electron chi connectivity index (χ3n) is 2.87. The van der Waals surface area contributed by atoms with Crippen molar-refractivity contribution in [1.29, 1.82) is 0 Å². The van der Waals surface area contributed by atoms with Crippen molar-refractivity contribution in [2.24, 2.45) is 5.92 Å². The third-order valence-corrected chi connectivity index (χ3v) is 5.21. The van der Waals surface area contributed by atoms with Gasteiger partial charge >= 0.3 is 0 Å². The summed E-state index contributed by atoms with van der Waals surface area (Å²) in [5.74, 6) is 0.131. The van der Waals surface area contributed by atoms with Crippen LogP contribution in [0.25, 0.3) is 10.6 Å². The van der Waals surface area contributed by atoms with Crippen LogP contribution in [-0.2, 0) is 4.79 Å². The van der Waals surface area contributed by atoms with E-state index in [0.29, 0.717) is 5.13 Å². The highest BCUT2D eigenvalue weighted by Gasteiger charge is 2.20. The molecule has 0 aliphatic rings. The van der Waals surface area contributed by atoms with Gasteiger partial charge < -0.3 is 0 Å². The average molecular weight is 354 g/mol. The second-order valence-corrected chi connectivity index (χ2v) is 6.83. The van der Waals surface area contributed by atoms with Crippen LogP contribution in [0.3, 0.4) is 0 Å². The van der Waals surface area contributed by atoms with Gasteiger partial charge in [-0.3, -0.25) is 10.1 Å². The van der Waals surface area contributed by atoms with Crippen LogP contribution in [0, 0.1) is 12.8 Å². The van der Waals surface area contributed by atoms with Crippen LogP contribution >= 0.6 is 27.3 Å². The number of halogens is 1. The molecule has 0 saturated carbocycles. The summed E-state index contributed by atoms with van der Waals surface area (Å²) in [4.78, 5) is 11.7. The van der Waals surface area contributed by atoms with E-state index in [2.05, 4.69) is 31.4 Å². The number of hydrogen-bond donors (Lipinski definition) is 1. The molecule has 0 unspecified atom stereocenters. The van der Waals surface area contributed by atoms with Crippen LogP contribution in [0.4, 0.5) is 5.13 Å². The van der Waals surface area contributed by atoms with Crippen molar-refractivity contribution >= 4 is 38.3 Å². The zero-order chi connectivity index (χ0) is 14.7. The largest absolute Gasteiger partial charge is 0.300 e. The van der Waals surface area contributed by atoms with E-state index in [1.165, 1.54) is 11.3 Å². The number of nitrogens with one attached hydrogen (secondary N) is 1. The maximum Gasteiger partial charge on any atom is 0.240 e. The number of amides is 1. The average Bonchev–Trinajstić information content (AvgIpc) is 2.86. The fraction of sp³-hybridized carbons (Fsp3) is 0.357. The summed E-state index contributed by atoms with van der Waals surface area (Å²) in [6.07, 6.45) is 0. The number of rotatable bonds is 4. The lowest BCUT2D eigenvalue weighted by atomic mass is 10.1.